The van der Waals surface area contributed by atoms with Crippen LogP contribution in [0.4, 0.5) is 0 Å². The molecule has 1 saturated heterocycles. The van der Waals surface area contributed by atoms with Gasteiger partial charge in [-0.25, -0.2) is 4.99 Å². The Kier molecular flexibility index (Phi) is 3.34. The summed E-state index contributed by atoms with van der Waals surface area (Å²) in [6.45, 7) is 3.91. The van der Waals surface area contributed by atoms with Gasteiger partial charge in [0.2, 0.25) is 0 Å². The number of nitrogens with two attached hydrogens (primary N) is 1. The lowest BCUT2D eigenvalue weighted by atomic mass is 9.84. The maximum Gasteiger partial charge on any atom is 0.294 e. The molecule has 8 heteroatoms. The summed E-state index contributed by atoms with van der Waals surface area (Å²) in [6, 6.07) is 9.87. The van der Waals surface area contributed by atoms with Gasteiger partial charge in [-0.15, -0.1) is 0 Å². The zero-order valence-corrected chi connectivity index (χ0v) is 15.6. The Morgan fingerprint density at radius 1 is 1.22 bits per heavy atom. The third-order valence-electron chi connectivity index (χ3n) is 6.30. The van der Waals surface area contributed by atoms with Gasteiger partial charge in [0.25, 0.3) is 5.91 Å². The summed E-state index contributed by atoms with van der Waals surface area (Å²) in [7, 11) is 3.07. The highest BCUT2D eigenvalue weighted by Gasteiger charge is 3.00. The minimum Gasteiger partial charge on any atom is -0.493 e. The first-order valence-corrected chi connectivity index (χ1v) is 8.56. The van der Waals surface area contributed by atoms with Crippen molar-refractivity contribution < 1.29 is 18.9 Å². The molecule has 5 atom stereocenters. The van der Waals surface area contributed by atoms with Crippen LogP contribution in [0.1, 0.15) is 19.4 Å². The molecule has 2 fully saturated rings. The molecular weight excluding hydrogens is 348 g/mol. The van der Waals surface area contributed by atoms with Gasteiger partial charge in [-0.2, -0.15) is 10.5 Å². The van der Waals surface area contributed by atoms with Crippen molar-refractivity contribution in [2.45, 2.75) is 31.3 Å². The molecule has 3 aliphatic rings. The largest absolute Gasteiger partial charge is 0.493 e. The molecule has 2 aliphatic heterocycles. The van der Waals surface area contributed by atoms with E-state index in [9.17, 15) is 10.5 Å². The highest BCUT2D eigenvalue weighted by atomic mass is 16.8. The molecule has 0 aromatic heterocycles. The van der Waals surface area contributed by atoms with Crippen molar-refractivity contribution in [3.05, 3.63) is 23.8 Å². The van der Waals surface area contributed by atoms with Gasteiger partial charge in [-0.05, 0) is 24.6 Å². The number of amidine groups is 1. The molecule has 1 aliphatic carbocycles. The fourth-order valence-corrected chi connectivity index (χ4v) is 4.97. The fraction of sp³-hybridized carbons (Fsp3) is 0.526. The van der Waals surface area contributed by atoms with Gasteiger partial charge in [0.15, 0.2) is 22.3 Å². The van der Waals surface area contributed by atoms with Crippen molar-refractivity contribution in [2.75, 3.05) is 20.8 Å². The van der Waals surface area contributed by atoms with Crippen LogP contribution in [0.2, 0.25) is 0 Å². The summed E-state index contributed by atoms with van der Waals surface area (Å²) in [5, 5.41) is 20.4. The number of nitriles is 2. The second-order valence-corrected chi connectivity index (χ2v) is 7.24. The van der Waals surface area contributed by atoms with Crippen LogP contribution >= 0.6 is 0 Å². The number of hydrogen-bond acceptors (Lipinski definition) is 8. The molecule has 0 amide bonds. The summed E-state index contributed by atoms with van der Waals surface area (Å²) in [4.78, 5) is 4.33. The maximum atomic E-state index is 10.3. The van der Waals surface area contributed by atoms with Crippen LogP contribution in [0.3, 0.4) is 0 Å². The van der Waals surface area contributed by atoms with Gasteiger partial charge in [0.05, 0.1) is 39.1 Å². The smallest absolute Gasteiger partial charge is 0.294 e. The van der Waals surface area contributed by atoms with Crippen LogP contribution in [0.25, 0.3) is 0 Å². The van der Waals surface area contributed by atoms with Gasteiger partial charge in [0.1, 0.15) is 5.84 Å². The molecule has 0 unspecified atom stereocenters. The fourth-order valence-electron chi connectivity index (χ4n) is 4.97. The van der Waals surface area contributed by atoms with Crippen LogP contribution in [-0.4, -0.2) is 38.7 Å². The molecule has 2 heterocycles. The lowest BCUT2D eigenvalue weighted by Crippen LogP contribution is -2.42. The second-order valence-electron chi connectivity index (χ2n) is 7.24. The molecular formula is C19H20N4O4. The van der Waals surface area contributed by atoms with Crippen LogP contribution in [0.5, 0.6) is 11.5 Å². The van der Waals surface area contributed by atoms with E-state index in [2.05, 4.69) is 17.1 Å². The topological polar surface area (TPSA) is 123 Å². The average Bonchev–Trinajstić information content (AvgIpc) is 2.85. The monoisotopic (exact) mass is 368 g/mol. The highest BCUT2D eigenvalue weighted by Crippen LogP contribution is 2.85. The summed E-state index contributed by atoms with van der Waals surface area (Å²) >= 11 is 0. The van der Waals surface area contributed by atoms with E-state index in [-0.39, 0.29) is 18.5 Å². The minimum atomic E-state index is -1.59. The number of ether oxygens (including phenoxy) is 4. The molecule has 1 spiro atoms. The van der Waals surface area contributed by atoms with Crippen LogP contribution in [0.15, 0.2) is 23.2 Å². The first-order chi connectivity index (χ1) is 12.8. The Balaban J connectivity index is 1.96. The minimum absolute atomic E-state index is 0.0536. The van der Waals surface area contributed by atoms with Crippen molar-refractivity contribution in [1.29, 1.82) is 10.5 Å². The second kappa shape index (κ2) is 5.13. The molecule has 140 valence electrons. The Bertz CT molecular complexity index is 950. The third-order valence-corrected chi connectivity index (χ3v) is 6.30. The number of rotatable bonds is 3. The van der Waals surface area contributed by atoms with E-state index in [1.165, 1.54) is 7.11 Å². The van der Waals surface area contributed by atoms with Gasteiger partial charge >= 0.3 is 0 Å². The van der Waals surface area contributed by atoms with Crippen LogP contribution in [-0.2, 0) is 14.9 Å². The lowest BCUT2D eigenvalue weighted by Gasteiger charge is -2.30. The van der Waals surface area contributed by atoms with Crippen LogP contribution in [0, 0.1) is 33.5 Å². The van der Waals surface area contributed by atoms with E-state index in [0.717, 1.165) is 0 Å². The quantitative estimate of drug-likeness (QED) is 0.856. The Morgan fingerprint density at radius 2 is 1.93 bits per heavy atom. The van der Waals surface area contributed by atoms with E-state index in [1.54, 1.807) is 25.3 Å². The molecule has 4 rings (SSSR count). The lowest BCUT2D eigenvalue weighted by molar-refractivity contribution is -0.196. The number of benzene rings is 1. The average molecular weight is 368 g/mol. The zero-order valence-electron chi connectivity index (χ0n) is 15.6. The Morgan fingerprint density at radius 3 is 2.44 bits per heavy atom. The van der Waals surface area contributed by atoms with E-state index in [4.69, 9.17) is 24.7 Å². The molecule has 8 nitrogen and oxygen atoms in total. The zero-order chi connectivity index (χ0) is 19.7. The predicted octanol–water partition coefficient (Wildman–Crippen LogP) is 1.45. The molecule has 27 heavy (non-hydrogen) atoms. The van der Waals surface area contributed by atoms with E-state index >= 15 is 0 Å². The molecule has 1 saturated carbocycles. The summed E-state index contributed by atoms with van der Waals surface area (Å²) in [6.07, 6.45) is -0.267. The van der Waals surface area contributed by atoms with E-state index in [0.29, 0.717) is 17.1 Å². The normalized spacial score (nSPS) is 41.4. The van der Waals surface area contributed by atoms with Gasteiger partial charge < -0.3 is 24.7 Å². The number of methoxy groups -OCH3 is 2. The van der Waals surface area contributed by atoms with Crippen molar-refractivity contribution in [2.24, 2.45) is 21.6 Å². The molecule has 1 aromatic carbocycles. The number of nitrogens with zero attached hydrogens (tertiary/aromatic N) is 3. The number of hydrogen-bond donors (Lipinski definition) is 1. The first kappa shape index (κ1) is 17.6. The standard InChI is InChI=1S/C19H20N4O4/c1-11-8-26-19(27-11)18(10-21)16(2,17(18,9-20)15(22)23-19)12-5-6-13(24-3)14(7-12)25-4/h5-7,11H,8H2,1-4H3,(H2,22,23)/t11-,16+,17+,18-,19+/m1/s1. The van der Waals surface area contributed by atoms with Crippen molar-refractivity contribution >= 4 is 5.84 Å². The molecule has 1 aromatic rings. The van der Waals surface area contributed by atoms with Crippen LogP contribution < -0.4 is 15.2 Å². The van der Waals surface area contributed by atoms with Gasteiger partial charge in [-0.1, -0.05) is 13.0 Å². The molecule has 0 radical (unpaired) electrons. The summed E-state index contributed by atoms with van der Waals surface area (Å²) in [5.41, 5.74) is 3.16. The van der Waals surface area contributed by atoms with Gasteiger partial charge in [0, 0.05) is 5.41 Å². The molecule has 2 N–H and O–H groups in total. The Labute approximate surface area is 157 Å². The van der Waals surface area contributed by atoms with Gasteiger partial charge in [-0.3, -0.25) is 0 Å². The summed E-state index contributed by atoms with van der Waals surface area (Å²) in [5.74, 6) is -0.499. The number of fused-ring (bicyclic) bond motifs is 2. The van der Waals surface area contributed by atoms with E-state index < -0.39 is 22.2 Å². The number of aliphatic imine (C=N–C) groups is 1. The molecule has 0 bridgehead atoms. The van der Waals surface area contributed by atoms with Crippen molar-refractivity contribution in [3.8, 4) is 23.6 Å². The highest BCUT2D eigenvalue weighted by molar-refractivity contribution is 6.02. The Hall–Kier alpha value is -2.81. The van der Waals surface area contributed by atoms with Crippen molar-refractivity contribution in [1.82, 2.24) is 0 Å². The first-order valence-electron chi connectivity index (χ1n) is 8.56. The van der Waals surface area contributed by atoms with Crippen molar-refractivity contribution in [3.63, 3.8) is 0 Å². The summed E-state index contributed by atoms with van der Waals surface area (Å²) < 4.78 is 22.5. The third kappa shape index (κ3) is 1.54. The SMILES string of the molecule is COc1ccc([C@@]2(C)[C@]3(C#N)C(N)=N[C@]4(OC[C@@H](C)O4)[C@@]32C#N)cc1OC. The van der Waals surface area contributed by atoms with E-state index in [1.807, 2.05) is 13.8 Å². The maximum absolute atomic E-state index is 10.3. The predicted molar refractivity (Wildman–Crippen MR) is 93.8 cm³/mol.